The number of nitrogens with zero attached hydrogens (tertiary/aromatic N) is 2. The van der Waals surface area contributed by atoms with Gasteiger partial charge in [0, 0.05) is 38.3 Å². The van der Waals surface area contributed by atoms with Gasteiger partial charge in [-0.1, -0.05) is 0 Å². The van der Waals surface area contributed by atoms with Crippen LogP contribution in [0.15, 0.2) is 12.4 Å². The van der Waals surface area contributed by atoms with E-state index in [1.165, 1.54) is 0 Å². The van der Waals surface area contributed by atoms with Crippen LogP contribution in [0.5, 0.6) is 0 Å². The maximum absolute atomic E-state index is 11.4. The monoisotopic (exact) mass is 254 g/mol. The Morgan fingerprint density at radius 1 is 1.39 bits per heavy atom. The molecule has 0 unspecified atom stereocenters. The molecule has 0 fully saturated rings. The molecule has 0 aliphatic rings. The first-order valence-electron chi connectivity index (χ1n) is 5.79. The van der Waals surface area contributed by atoms with Crippen LogP contribution in [0.2, 0.25) is 0 Å². The summed E-state index contributed by atoms with van der Waals surface area (Å²) in [4.78, 5) is 21.6. The second-order valence-electron chi connectivity index (χ2n) is 3.98. The standard InChI is InChI=1S/C11H18N4O3/c1-15-8-9(7-14-15)6-13-11(18)12-5-3-2-4-10(16)17/h7-8H,2-6H2,1H3,(H,16,17)(H2,12,13,18). The minimum absolute atomic E-state index is 0.138. The molecule has 0 bridgehead atoms. The highest BCUT2D eigenvalue weighted by Crippen LogP contribution is 1.95. The zero-order chi connectivity index (χ0) is 13.4. The fourth-order valence-corrected chi connectivity index (χ4v) is 1.41. The van der Waals surface area contributed by atoms with E-state index >= 15 is 0 Å². The third-order valence-corrected chi connectivity index (χ3v) is 2.31. The number of aromatic nitrogens is 2. The van der Waals surface area contributed by atoms with Gasteiger partial charge in [-0.15, -0.1) is 0 Å². The molecule has 0 atom stereocenters. The summed E-state index contributed by atoms with van der Waals surface area (Å²) in [6.45, 7) is 0.904. The maximum Gasteiger partial charge on any atom is 0.315 e. The lowest BCUT2D eigenvalue weighted by molar-refractivity contribution is -0.137. The van der Waals surface area contributed by atoms with Crippen molar-refractivity contribution in [2.75, 3.05) is 6.54 Å². The minimum Gasteiger partial charge on any atom is -0.481 e. The Morgan fingerprint density at radius 3 is 2.78 bits per heavy atom. The predicted octanol–water partition coefficient (Wildman–Crippen LogP) is 0.474. The lowest BCUT2D eigenvalue weighted by atomic mass is 10.2. The molecule has 1 rings (SSSR count). The van der Waals surface area contributed by atoms with Gasteiger partial charge in [-0.05, 0) is 12.8 Å². The molecule has 2 amide bonds. The number of hydrogen-bond donors (Lipinski definition) is 3. The predicted molar refractivity (Wildman–Crippen MR) is 64.9 cm³/mol. The fourth-order valence-electron chi connectivity index (χ4n) is 1.41. The van der Waals surface area contributed by atoms with Gasteiger partial charge in [0.05, 0.1) is 6.20 Å². The van der Waals surface area contributed by atoms with Crippen molar-refractivity contribution in [2.24, 2.45) is 7.05 Å². The number of carboxylic acids is 1. The summed E-state index contributed by atoms with van der Waals surface area (Å²) >= 11 is 0. The number of aliphatic carboxylic acids is 1. The molecule has 18 heavy (non-hydrogen) atoms. The van der Waals surface area contributed by atoms with Crippen molar-refractivity contribution in [3.05, 3.63) is 18.0 Å². The van der Waals surface area contributed by atoms with E-state index in [1.807, 2.05) is 13.2 Å². The summed E-state index contributed by atoms with van der Waals surface area (Å²) in [5.41, 5.74) is 0.929. The normalized spacial score (nSPS) is 10.1. The van der Waals surface area contributed by atoms with E-state index < -0.39 is 5.97 Å². The average Bonchev–Trinajstić information content (AvgIpc) is 2.71. The summed E-state index contributed by atoms with van der Waals surface area (Å²) in [5, 5.41) is 17.8. The van der Waals surface area contributed by atoms with Crippen molar-refractivity contribution in [1.29, 1.82) is 0 Å². The Bertz CT molecular complexity index is 403. The van der Waals surface area contributed by atoms with Gasteiger partial charge in [-0.2, -0.15) is 5.10 Å². The van der Waals surface area contributed by atoms with E-state index in [2.05, 4.69) is 15.7 Å². The quantitative estimate of drug-likeness (QED) is 0.616. The first-order chi connectivity index (χ1) is 8.58. The minimum atomic E-state index is -0.809. The molecule has 7 heteroatoms. The molecule has 0 saturated heterocycles. The van der Waals surface area contributed by atoms with Crippen molar-refractivity contribution in [3.63, 3.8) is 0 Å². The molecule has 0 aliphatic heterocycles. The highest BCUT2D eigenvalue weighted by atomic mass is 16.4. The van der Waals surface area contributed by atoms with Gasteiger partial charge in [0.25, 0.3) is 0 Å². The average molecular weight is 254 g/mol. The lowest BCUT2D eigenvalue weighted by Crippen LogP contribution is -2.35. The number of rotatable bonds is 7. The van der Waals surface area contributed by atoms with Gasteiger partial charge >= 0.3 is 12.0 Å². The van der Waals surface area contributed by atoms with E-state index in [4.69, 9.17) is 5.11 Å². The van der Waals surface area contributed by atoms with Gasteiger partial charge < -0.3 is 15.7 Å². The molecule has 7 nitrogen and oxygen atoms in total. The summed E-state index contributed by atoms with van der Waals surface area (Å²) in [7, 11) is 1.81. The van der Waals surface area contributed by atoms with Crippen LogP contribution < -0.4 is 10.6 Å². The number of urea groups is 1. The third kappa shape index (κ3) is 5.88. The molecule has 3 N–H and O–H groups in total. The van der Waals surface area contributed by atoms with Crippen molar-refractivity contribution in [3.8, 4) is 0 Å². The zero-order valence-electron chi connectivity index (χ0n) is 10.3. The summed E-state index contributed by atoms with van der Waals surface area (Å²) in [5.74, 6) is -0.809. The number of aryl methyl sites for hydroxylation is 1. The number of carboxylic acid groups (broad SMARTS) is 1. The van der Waals surface area contributed by atoms with E-state index in [0.29, 0.717) is 25.9 Å². The van der Waals surface area contributed by atoms with Gasteiger partial charge in [-0.3, -0.25) is 9.48 Å². The summed E-state index contributed by atoms with van der Waals surface area (Å²) < 4.78 is 1.67. The molecule has 0 radical (unpaired) electrons. The zero-order valence-corrected chi connectivity index (χ0v) is 10.3. The van der Waals surface area contributed by atoms with Crippen LogP contribution in [0.3, 0.4) is 0 Å². The Hall–Kier alpha value is -2.05. The van der Waals surface area contributed by atoms with Crippen LogP contribution in [-0.2, 0) is 18.4 Å². The van der Waals surface area contributed by atoms with Gasteiger partial charge in [-0.25, -0.2) is 4.79 Å². The number of unbranched alkanes of at least 4 members (excludes halogenated alkanes) is 1. The first-order valence-corrected chi connectivity index (χ1v) is 5.79. The Kier molecular flexibility index (Phi) is 5.69. The molecule has 0 aromatic carbocycles. The second-order valence-corrected chi connectivity index (χ2v) is 3.98. The SMILES string of the molecule is Cn1cc(CNC(=O)NCCCCC(=O)O)cn1. The summed E-state index contributed by atoms with van der Waals surface area (Å²) in [6, 6.07) is -0.255. The van der Waals surface area contributed by atoms with Crippen LogP contribution in [-0.4, -0.2) is 33.4 Å². The molecule has 1 aromatic rings. The van der Waals surface area contributed by atoms with Crippen LogP contribution in [0.4, 0.5) is 4.79 Å². The number of carbonyl (C=O) groups excluding carboxylic acids is 1. The highest BCUT2D eigenvalue weighted by molar-refractivity contribution is 5.73. The number of hydrogen-bond acceptors (Lipinski definition) is 3. The van der Waals surface area contributed by atoms with Crippen molar-refractivity contribution in [2.45, 2.75) is 25.8 Å². The Balaban J connectivity index is 2.05. The van der Waals surface area contributed by atoms with E-state index in [1.54, 1.807) is 10.9 Å². The molecular weight excluding hydrogens is 236 g/mol. The topological polar surface area (TPSA) is 96.2 Å². The van der Waals surface area contributed by atoms with Crippen LogP contribution in [0.25, 0.3) is 0 Å². The largest absolute Gasteiger partial charge is 0.481 e. The van der Waals surface area contributed by atoms with Crippen molar-refractivity contribution >= 4 is 12.0 Å². The molecule has 1 heterocycles. The van der Waals surface area contributed by atoms with Crippen LogP contribution >= 0.6 is 0 Å². The van der Waals surface area contributed by atoms with Gasteiger partial charge in [0.1, 0.15) is 0 Å². The van der Waals surface area contributed by atoms with Crippen molar-refractivity contribution in [1.82, 2.24) is 20.4 Å². The second kappa shape index (κ2) is 7.31. The maximum atomic E-state index is 11.4. The van der Waals surface area contributed by atoms with E-state index in [9.17, 15) is 9.59 Å². The Morgan fingerprint density at radius 2 is 2.17 bits per heavy atom. The van der Waals surface area contributed by atoms with Crippen LogP contribution in [0, 0.1) is 0 Å². The molecule has 1 aromatic heterocycles. The molecule has 0 spiro atoms. The van der Waals surface area contributed by atoms with Crippen molar-refractivity contribution < 1.29 is 14.7 Å². The summed E-state index contributed by atoms with van der Waals surface area (Å²) in [6.07, 6.45) is 4.88. The van der Waals surface area contributed by atoms with E-state index in [-0.39, 0.29) is 12.5 Å². The molecular formula is C11H18N4O3. The molecule has 100 valence electrons. The lowest BCUT2D eigenvalue weighted by Gasteiger charge is -2.05. The van der Waals surface area contributed by atoms with E-state index in [0.717, 1.165) is 5.56 Å². The van der Waals surface area contributed by atoms with Gasteiger partial charge in [0.2, 0.25) is 0 Å². The van der Waals surface area contributed by atoms with Gasteiger partial charge in [0.15, 0.2) is 0 Å². The fraction of sp³-hybridized carbons (Fsp3) is 0.545. The number of amides is 2. The number of nitrogens with one attached hydrogen (secondary N) is 2. The highest BCUT2D eigenvalue weighted by Gasteiger charge is 2.01. The van der Waals surface area contributed by atoms with Crippen LogP contribution in [0.1, 0.15) is 24.8 Å². The smallest absolute Gasteiger partial charge is 0.315 e. The molecule has 0 saturated carbocycles. The number of carbonyl (C=O) groups is 2. The first kappa shape index (κ1) is 14.0. The molecule has 0 aliphatic carbocycles. The Labute approximate surface area is 105 Å². The third-order valence-electron chi connectivity index (χ3n) is 2.31.